The summed E-state index contributed by atoms with van der Waals surface area (Å²) in [5, 5.41) is 5.81. The van der Waals surface area contributed by atoms with Crippen molar-refractivity contribution in [1.82, 2.24) is 14.8 Å². The maximum atomic E-state index is 13.1. The van der Waals surface area contributed by atoms with Crippen molar-refractivity contribution in [2.75, 3.05) is 7.11 Å². The van der Waals surface area contributed by atoms with Gasteiger partial charge < -0.3 is 14.2 Å². The number of esters is 1. The van der Waals surface area contributed by atoms with E-state index in [1.165, 1.54) is 24.4 Å². The second-order valence-corrected chi connectivity index (χ2v) is 9.24. The van der Waals surface area contributed by atoms with Crippen LogP contribution in [0.3, 0.4) is 0 Å². The fourth-order valence-electron chi connectivity index (χ4n) is 3.77. The van der Waals surface area contributed by atoms with E-state index in [4.69, 9.17) is 49.0 Å². The minimum atomic E-state index is -1.08. The molecule has 2 aromatic carbocycles. The average molecular weight is 527 g/mol. The molecular weight excluding hydrogens is 501 g/mol. The van der Waals surface area contributed by atoms with Gasteiger partial charge in [0.2, 0.25) is 6.23 Å². The van der Waals surface area contributed by atoms with E-state index in [-0.39, 0.29) is 6.61 Å². The molecule has 0 N–H and O–H groups in total. The predicted octanol–water partition coefficient (Wildman–Crippen LogP) is 6.38. The van der Waals surface area contributed by atoms with Gasteiger partial charge in [-0.15, -0.1) is 0 Å². The molecule has 3 unspecified atom stereocenters. The highest BCUT2D eigenvalue weighted by atomic mass is 35.5. The second-order valence-electron chi connectivity index (χ2n) is 7.96. The van der Waals surface area contributed by atoms with Crippen molar-refractivity contribution in [3.63, 3.8) is 0 Å². The molecule has 3 atom stereocenters. The third kappa shape index (κ3) is 6.21. The maximum absolute atomic E-state index is 13.1. The number of methoxy groups -OCH3 is 1. The fraction of sp³-hybridized carbons (Fsp3) is 0.375. The van der Waals surface area contributed by atoms with E-state index in [1.807, 2.05) is 6.92 Å². The maximum Gasteiger partial charge on any atom is 0.314 e. The Balaban J connectivity index is 2.04. The van der Waals surface area contributed by atoms with Gasteiger partial charge in [0.15, 0.2) is 0 Å². The lowest BCUT2D eigenvalue weighted by atomic mass is 9.78. The van der Waals surface area contributed by atoms with E-state index in [9.17, 15) is 4.79 Å². The summed E-state index contributed by atoms with van der Waals surface area (Å²) in [7, 11) is 1.36. The van der Waals surface area contributed by atoms with Crippen LogP contribution >= 0.6 is 34.8 Å². The van der Waals surface area contributed by atoms with Crippen molar-refractivity contribution >= 4 is 40.8 Å². The summed E-state index contributed by atoms with van der Waals surface area (Å²) < 4.78 is 19.4. The number of hydrogen-bond acceptors (Lipinski definition) is 6. The molecule has 10 heteroatoms. The molecule has 3 aromatic rings. The molecule has 7 nitrogen and oxygen atoms in total. The summed E-state index contributed by atoms with van der Waals surface area (Å²) >= 11 is 18.5. The van der Waals surface area contributed by atoms with Crippen LogP contribution in [0.4, 0.5) is 0 Å². The number of carbonyl (C=O) groups is 1. The Morgan fingerprint density at radius 1 is 1.12 bits per heavy atom. The van der Waals surface area contributed by atoms with Gasteiger partial charge in [-0.1, -0.05) is 54.2 Å². The van der Waals surface area contributed by atoms with Crippen molar-refractivity contribution < 1.29 is 19.0 Å². The molecule has 0 fully saturated rings. The first-order valence-corrected chi connectivity index (χ1v) is 11.8. The third-order valence-electron chi connectivity index (χ3n) is 5.51. The largest absolute Gasteiger partial charge is 0.469 e. The van der Waals surface area contributed by atoms with Gasteiger partial charge >= 0.3 is 5.97 Å². The van der Waals surface area contributed by atoms with Gasteiger partial charge in [0, 0.05) is 15.1 Å². The summed E-state index contributed by atoms with van der Waals surface area (Å²) in [6.45, 7) is 3.89. The molecular formula is C24H26Cl3N3O4. The van der Waals surface area contributed by atoms with Crippen LogP contribution in [0, 0.1) is 5.41 Å². The normalized spacial score (nSPS) is 14.8. The average Bonchev–Trinajstić information content (AvgIpc) is 3.35. The standard InChI is InChI=1S/C24H26Cl3N3O4/c1-4-11-24(2,23(31)32-3)21(33-13-16-5-6-18(26)12-20(16)27)22(30-15-28-14-29-30)34-19-9-7-17(25)8-10-19/h5-10,12,14-15,21-22H,4,11,13H2,1-3H3. The van der Waals surface area contributed by atoms with Gasteiger partial charge in [0.05, 0.1) is 19.1 Å². The van der Waals surface area contributed by atoms with Gasteiger partial charge in [0.25, 0.3) is 0 Å². The van der Waals surface area contributed by atoms with E-state index in [0.29, 0.717) is 39.2 Å². The van der Waals surface area contributed by atoms with E-state index in [1.54, 1.807) is 49.4 Å². The number of carbonyl (C=O) groups excluding carboxylic acids is 1. The zero-order valence-corrected chi connectivity index (χ0v) is 21.3. The first-order valence-electron chi connectivity index (χ1n) is 10.7. The molecule has 0 aliphatic carbocycles. The molecule has 182 valence electrons. The van der Waals surface area contributed by atoms with Crippen LogP contribution in [0.5, 0.6) is 5.75 Å². The van der Waals surface area contributed by atoms with Crippen molar-refractivity contribution in [3.05, 3.63) is 75.8 Å². The van der Waals surface area contributed by atoms with Gasteiger partial charge in [-0.05, 0) is 55.3 Å². The van der Waals surface area contributed by atoms with Gasteiger partial charge in [0.1, 0.15) is 24.5 Å². The van der Waals surface area contributed by atoms with Crippen LogP contribution < -0.4 is 4.74 Å². The van der Waals surface area contributed by atoms with E-state index in [2.05, 4.69) is 10.1 Å². The van der Waals surface area contributed by atoms with Crippen LogP contribution in [0.2, 0.25) is 15.1 Å². The van der Waals surface area contributed by atoms with Crippen molar-refractivity contribution in [1.29, 1.82) is 0 Å². The quantitative estimate of drug-likeness (QED) is 0.270. The number of benzene rings is 2. The Morgan fingerprint density at radius 3 is 2.41 bits per heavy atom. The van der Waals surface area contributed by atoms with Crippen LogP contribution in [0.25, 0.3) is 0 Å². The first kappa shape index (κ1) is 26.3. The number of aromatic nitrogens is 3. The summed E-state index contributed by atoms with van der Waals surface area (Å²) in [6.07, 6.45) is 2.40. The Hall–Kier alpha value is -2.32. The number of hydrogen-bond donors (Lipinski definition) is 0. The molecule has 0 aliphatic heterocycles. The summed E-state index contributed by atoms with van der Waals surface area (Å²) in [5.74, 6) is 0.0955. The number of rotatable bonds is 11. The highest BCUT2D eigenvalue weighted by Gasteiger charge is 2.49. The SMILES string of the molecule is CCCC(C)(C(=O)OC)C(OCc1ccc(Cl)cc1Cl)C(Oc1ccc(Cl)cc1)n1cncn1. The van der Waals surface area contributed by atoms with Gasteiger partial charge in [-0.2, -0.15) is 5.10 Å². The minimum absolute atomic E-state index is 0.103. The number of halogens is 3. The summed E-state index contributed by atoms with van der Waals surface area (Å²) in [6, 6.07) is 12.0. The first-order chi connectivity index (χ1) is 16.3. The fourth-order valence-corrected chi connectivity index (χ4v) is 4.36. The smallest absolute Gasteiger partial charge is 0.314 e. The molecule has 0 spiro atoms. The number of nitrogens with zero attached hydrogens (tertiary/aromatic N) is 3. The molecule has 34 heavy (non-hydrogen) atoms. The minimum Gasteiger partial charge on any atom is -0.469 e. The van der Waals surface area contributed by atoms with E-state index in [0.717, 1.165) is 0 Å². The lowest BCUT2D eigenvalue weighted by Crippen LogP contribution is -2.49. The topological polar surface area (TPSA) is 75.5 Å². The van der Waals surface area contributed by atoms with Crippen LogP contribution in [0.1, 0.15) is 38.5 Å². The Labute approximate surface area is 213 Å². The lowest BCUT2D eigenvalue weighted by Gasteiger charge is -2.39. The molecule has 1 heterocycles. The van der Waals surface area contributed by atoms with E-state index >= 15 is 0 Å². The van der Waals surface area contributed by atoms with Crippen molar-refractivity contribution in [3.8, 4) is 5.75 Å². The molecule has 0 amide bonds. The van der Waals surface area contributed by atoms with Gasteiger partial charge in [-0.3, -0.25) is 4.79 Å². The molecule has 0 bridgehead atoms. The Kier molecular flexibility index (Phi) is 9.19. The number of ether oxygens (including phenoxy) is 3. The van der Waals surface area contributed by atoms with Gasteiger partial charge in [-0.25, -0.2) is 9.67 Å². The van der Waals surface area contributed by atoms with Crippen LogP contribution in [-0.4, -0.2) is 33.9 Å². The zero-order chi connectivity index (χ0) is 24.7. The van der Waals surface area contributed by atoms with Crippen molar-refractivity contribution in [2.45, 2.75) is 45.6 Å². The van der Waals surface area contributed by atoms with Crippen LogP contribution in [0.15, 0.2) is 55.1 Å². The molecule has 3 rings (SSSR count). The molecule has 0 radical (unpaired) electrons. The van der Waals surface area contributed by atoms with Crippen LogP contribution in [-0.2, 0) is 20.9 Å². The highest BCUT2D eigenvalue weighted by molar-refractivity contribution is 6.35. The second kappa shape index (κ2) is 11.9. The molecule has 1 aromatic heterocycles. The summed E-state index contributed by atoms with van der Waals surface area (Å²) in [4.78, 5) is 17.2. The third-order valence-corrected chi connectivity index (χ3v) is 6.35. The monoisotopic (exact) mass is 525 g/mol. The zero-order valence-electron chi connectivity index (χ0n) is 19.1. The Bertz CT molecular complexity index is 1080. The van der Waals surface area contributed by atoms with E-state index < -0.39 is 23.7 Å². The van der Waals surface area contributed by atoms with Crippen molar-refractivity contribution in [2.24, 2.45) is 5.41 Å². The Morgan fingerprint density at radius 2 is 1.82 bits per heavy atom. The lowest BCUT2D eigenvalue weighted by molar-refractivity contribution is -0.179. The highest BCUT2D eigenvalue weighted by Crippen LogP contribution is 2.39. The molecule has 0 saturated carbocycles. The summed E-state index contributed by atoms with van der Waals surface area (Å²) in [5.41, 5.74) is -0.366. The molecule has 0 aliphatic rings. The molecule has 0 saturated heterocycles. The predicted molar refractivity (Wildman–Crippen MR) is 131 cm³/mol.